The average Bonchev–Trinajstić information content (AvgIpc) is 3.90. The number of rotatable bonds is 13. The zero-order valence-corrected chi connectivity index (χ0v) is 37.0. The monoisotopic (exact) mass is 912 g/mol. The quantitative estimate of drug-likeness (QED) is 0.125. The molecule has 2 heterocycles. The minimum absolute atomic E-state index is 0.0854. The Hall–Kier alpha value is -5.88. The fourth-order valence-corrected chi connectivity index (χ4v) is 11.5. The van der Waals surface area contributed by atoms with Crippen molar-refractivity contribution in [1.82, 2.24) is 15.5 Å². The lowest BCUT2D eigenvalue weighted by molar-refractivity contribution is -0.235. The molecule has 5 amide bonds. The van der Waals surface area contributed by atoms with Gasteiger partial charge in [0.2, 0.25) is 17.7 Å². The molecule has 350 valence electrons. The van der Waals surface area contributed by atoms with E-state index in [2.05, 4.69) is 22.5 Å². The van der Waals surface area contributed by atoms with Gasteiger partial charge in [0.1, 0.15) is 30.6 Å². The van der Waals surface area contributed by atoms with Crippen molar-refractivity contribution in [3.8, 4) is 5.75 Å². The van der Waals surface area contributed by atoms with Crippen LogP contribution in [0.3, 0.4) is 0 Å². The van der Waals surface area contributed by atoms with Gasteiger partial charge in [-0.3, -0.25) is 33.7 Å². The zero-order valence-electron chi connectivity index (χ0n) is 37.0. The van der Waals surface area contributed by atoms with Crippen LogP contribution in [0.25, 0.3) is 0 Å². The summed E-state index contributed by atoms with van der Waals surface area (Å²) in [5.74, 6) is -5.46. The predicted octanol–water partition coefficient (Wildman–Crippen LogP) is 3.88. The van der Waals surface area contributed by atoms with E-state index in [0.29, 0.717) is 23.1 Å². The molecule has 0 bridgehead atoms. The van der Waals surface area contributed by atoms with Gasteiger partial charge in [0.25, 0.3) is 11.8 Å². The molecular formula is C49H54F2N4O11. The molecule has 0 radical (unpaired) electrons. The van der Waals surface area contributed by atoms with Gasteiger partial charge in [-0.1, -0.05) is 62.1 Å². The van der Waals surface area contributed by atoms with E-state index in [9.17, 15) is 44.1 Å². The number of Topliss-reactive ketones (excluding diaryl/α,β-unsaturated/α-hetero) is 1. The number of ketones is 1. The van der Waals surface area contributed by atoms with Crippen molar-refractivity contribution in [2.24, 2.45) is 22.7 Å². The summed E-state index contributed by atoms with van der Waals surface area (Å²) in [6.07, 6.45) is 1.81. The summed E-state index contributed by atoms with van der Waals surface area (Å²) in [4.78, 5) is 76.6. The van der Waals surface area contributed by atoms with Crippen molar-refractivity contribution < 1.29 is 62.3 Å². The highest BCUT2D eigenvalue weighted by atomic mass is 19.1. The van der Waals surface area contributed by atoms with Gasteiger partial charge in [0.15, 0.2) is 23.3 Å². The van der Waals surface area contributed by atoms with E-state index in [1.807, 2.05) is 12.1 Å². The molecule has 6 aliphatic rings. The van der Waals surface area contributed by atoms with Crippen LogP contribution in [0.2, 0.25) is 0 Å². The molecule has 12 atom stereocenters. The molecule has 17 heteroatoms. The number of fused-ring (bicyclic) bond motifs is 7. The van der Waals surface area contributed by atoms with Crippen LogP contribution in [0.4, 0.5) is 14.5 Å². The van der Waals surface area contributed by atoms with Gasteiger partial charge in [-0.2, -0.15) is 0 Å². The van der Waals surface area contributed by atoms with Crippen molar-refractivity contribution in [3.05, 3.63) is 107 Å². The number of amides is 5. The largest absolute Gasteiger partial charge is 0.506 e. The summed E-state index contributed by atoms with van der Waals surface area (Å²) in [7, 11) is 0. The Kier molecular flexibility index (Phi) is 12.1. The molecule has 2 aromatic rings. The summed E-state index contributed by atoms with van der Waals surface area (Å²) in [5, 5.41) is 40.4. The second kappa shape index (κ2) is 17.1. The van der Waals surface area contributed by atoms with Gasteiger partial charge in [-0.05, 0) is 86.8 Å². The number of imide groups is 1. The third-order valence-electron chi connectivity index (χ3n) is 15.0. The molecule has 1 saturated heterocycles. The first-order valence-electron chi connectivity index (χ1n) is 22.1. The van der Waals surface area contributed by atoms with Crippen LogP contribution in [-0.4, -0.2) is 110 Å². The fraction of sp³-hybridized carbons (Fsp3) is 0.469. The van der Waals surface area contributed by atoms with Gasteiger partial charge in [0, 0.05) is 47.4 Å². The number of aromatic hydroxyl groups is 1. The minimum atomic E-state index is -2.26. The lowest BCUT2D eigenvalue weighted by Crippen LogP contribution is -2.70. The molecule has 0 spiro atoms. The number of carbonyl (C=O) groups excluding carboxylic acids is 6. The predicted molar refractivity (Wildman–Crippen MR) is 233 cm³/mol. The minimum Gasteiger partial charge on any atom is -0.506 e. The highest BCUT2D eigenvalue weighted by Gasteiger charge is 2.80. The van der Waals surface area contributed by atoms with E-state index in [4.69, 9.17) is 9.47 Å². The highest BCUT2D eigenvalue weighted by Crippen LogP contribution is 2.72. The van der Waals surface area contributed by atoms with Crippen molar-refractivity contribution in [3.63, 3.8) is 0 Å². The van der Waals surface area contributed by atoms with E-state index in [1.165, 1.54) is 19.9 Å². The van der Waals surface area contributed by atoms with Crippen LogP contribution in [-0.2, 0) is 44.7 Å². The van der Waals surface area contributed by atoms with Crippen LogP contribution in [0.1, 0.15) is 76.4 Å². The number of phenolic OH excluding ortho intramolecular Hbond substituents is 1. The number of carbonyl (C=O) groups is 6. The first-order chi connectivity index (χ1) is 31.2. The number of phenols is 1. The number of aliphatic hydroxyl groups excluding tert-OH is 2. The number of alkyl halides is 2. The van der Waals surface area contributed by atoms with Crippen molar-refractivity contribution in [2.75, 3.05) is 18.5 Å². The van der Waals surface area contributed by atoms with E-state index in [0.717, 1.165) is 22.6 Å². The van der Waals surface area contributed by atoms with Crippen molar-refractivity contribution in [2.45, 2.75) is 108 Å². The van der Waals surface area contributed by atoms with Gasteiger partial charge in [-0.15, -0.1) is 0 Å². The molecule has 0 aromatic heterocycles. The summed E-state index contributed by atoms with van der Waals surface area (Å²) < 4.78 is 47.0. The number of hydrogen-bond acceptors (Lipinski definition) is 11. The molecular weight excluding hydrogens is 859 g/mol. The molecule has 2 aromatic carbocycles. The molecule has 6 N–H and O–H groups in total. The number of aliphatic hydroxyl groups is 2. The zero-order chi connectivity index (χ0) is 47.7. The Balaban J connectivity index is 0.900. The molecule has 2 aliphatic heterocycles. The Labute approximate surface area is 380 Å². The summed E-state index contributed by atoms with van der Waals surface area (Å²) >= 11 is 0. The van der Waals surface area contributed by atoms with Crippen LogP contribution in [0, 0.1) is 22.7 Å². The topological polar surface area (TPSA) is 221 Å². The van der Waals surface area contributed by atoms with Gasteiger partial charge >= 0.3 is 0 Å². The Morgan fingerprint density at radius 3 is 2.29 bits per heavy atom. The highest BCUT2D eigenvalue weighted by molar-refractivity contribution is 6.13. The summed E-state index contributed by atoms with van der Waals surface area (Å²) in [5.41, 5.74) is -3.75. The van der Waals surface area contributed by atoms with Crippen LogP contribution >= 0.6 is 0 Å². The number of ether oxygens (including phenoxy) is 2. The second-order valence-electron chi connectivity index (χ2n) is 18.8. The lowest BCUT2D eigenvalue weighted by Gasteiger charge is -2.63. The number of anilines is 1. The molecule has 66 heavy (non-hydrogen) atoms. The van der Waals surface area contributed by atoms with Crippen LogP contribution in [0.5, 0.6) is 5.75 Å². The van der Waals surface area contributed by atoms with Gasteiger partial charge in [-0.25, -0.2) is 8.78 Å². The average molecular weight is 913 g/mol. The fourth-order valence-electron chi connectivity index (χ4n) is 11.5. The van der Waals surface area contributed by atoms with E-state index < -0.39 is 113 Å². The maximum Gasteiger partial charge on any atom is 0.253 e. The van der Waals surface area contributed by atoms with E-state index in [-0.39, 0.29) is 49.2 Å². The molecule has 0 unspecified atom stereocenters. The smallest absolute Gasteiger partial charge is 0.253 e. The number of allylic oxidation sites excluding steroid dienone is 5. The molecule has 3 saturated carbocycles. The second-order valence-corrected chi connectivity index (χ2v) is 18.8. The lowest BCUT2D eigenvalue weighted by atomic mass is 9.44. The number of nitrogens with zero attached hydrogens (tertiary/aromatic N) is 1. The maximum absolute atomic E-state index is 17.8. The molecule has 15 nitrogen and oxygen atoms in total. The standard InChI is InChI=1S/C49H54F2N4O11/c1-25-14-16-46(4)33(18-25)34(50)21-32-31-22-39-49(38(59)24-56,47(31,5)23-37(58)48(32,46)51)66-45(65-39)30-9-6-28(7-10-30)19-29-8-11-36(57)35(20-29)54-44(64)27(3)53-43(63)26(2)52-40(60)15-17-55-41(61)12-13-42(55)62/h6-14,16,18,20,26-27,31-32,34,37,39,45,56-58H,1,15,17,19,21-24H2,2-5H3,(H,52,60)(H,53,63)(H,54,64)/t26-,27-,31-,32-,34-,37-,39+,45+,46-,47-,48-,49+/m0/s1. The Bertz CT molecular complexity index is 2470. The number of nitrogens with one attached hydrogen (secondary N) is 3. The number of benzene rings is 2. The SMILES string of the molecule is C=C1C=C[C@@]2(C)C(=C1)[C@@H](F)C[C@H]1[C@@H]3C[C@H]4O[C@@H](c5ccc(Cc6ccc(O)c(NC(=O)[C@H](C)NC(=O)[C@H](C)NC(=O)CCN7C(=O)C=CC7=O)c6)cc5)O[C@@]4(C(=O)CO)[C@@]3(C)C[C@H](O)[C@@]12F. The normalized spacial score (nSPS) is 33.8. The van der Waals surface area contributed by atoms with Crippen LogP contribution in [0.15, 0.2) is 90.6 Å². The Morgan fingerprint density at radius 1 is 0.939 bits per heavy atom. The maximum atomic E-state index is 17.8. The Morgan fingerprint density at radius 2 is 1.61 bits per heavy atom. The van der Waals surface area contributed by atoms with E-state index in [1.54, 1.807) is 56.3 Å². The number of hydrogen-bond donors (Lipinski definition) is 6. The molecule has 8 rings (SSSR count). The van der Waals surface area contributed by atoms with Crippen LogP contribution < -0.4 is 16.0 Å². The first kappa shape index (κ1) is 46.6. The van der Waals surface area contributed by atoms with E-state index >= 15 is 8.78 Å². The third-order valence-corrected chi connectivity index (χ3v) is 15.0. The number of halogens is 2. The third kappa shape index (κ3) is 7.49. The molecule has 4 aliphatic carbocycles. The van der Waals surface area contributed by atoms with Gasteiger partial charge in [0.05, 0.1) is 17.9 Å². The van der Waals surface area contributed by atoms with Gasteiger partial charge < -0.3 is 40.7 Å². The van der Waals surface area contributed by atoms with Crippen molar-refractivity contribution >= 4 is 41.0 Å². The van der Waals surface area contributed by atoms with Crippen molar-refractivity contribution in [1.29, 1.82) is 0 Å². The summed E-state index contributed by atoms with van der Waals surface area (Å²) in [6, 6.07) is 9.68. The summed E-state index contributed by atoms with van der Waals surface area (Å²) in [6.45, 7) is 9.06. The first-order valence-corrected chi connectivity index (χ1v) is 22.1. The molecule has 4 fully saturated rings.